The van der Waals surface area contributed by atoms with E-state index in [1.165, 1.54) is 83.5 Å². The summed E-state index contributed by atoms with van der Waals surface area (Å²) in [5.74, 6) is -0.455. The van der Waals surface area contributed by atoms with Crippen molar-refractivity contribution in [2.75, 3.05) is 19.8 Å². The summed E-state index contributed by atoms with van der Waals surface area (Å²) >= 11 is 0. The van der Waals surface area contributed by atoms with Gasteiger partial charge in [-0.15, -0.1) is 0 Å². The highest BCUT2D eigenvalue weighted by molar-refractivity contribution is 5.70. The van der Waals surface area contributed by atoms with E-state index in [2.05, 4.69) is 106 Å². The molecule has 0 bridgehead atoms. The number of esters is 2. The van der Waals surface area contributed by atoms with Gasteiger partial charge in [0.2, 0.25) is 0 Å². The predicted molar refractivity (Wildman–Crippen MR) is 251 cm³/mol. The van der Waals surface area contributed by atoms with E-state index in [0.29, 0.717) is 19.4 Å². The summed E-state index contributed by atoms with van der Waals surface area (Å²) in [5, 5.41) is 0. The minimum absolute atomic E-state index is 0.0464. The number of unbranched alkanes of at least 4 members (excludes halogenated alkanes) is 18. The van der Waals surface area contributed by atoms with Crippen LogP contribution in [0.5, 0.6) is 0 Å². The van der Waals surface area contributed by atoms with E-state index in [-0.39, 0.29) is 25.2 Å². The fraction of sp³-hybridized carbons (Fsp3) is 0.698. The first-order valence-corrected chi connectivity index (χ1v) is 24.1. The van der Waals surface area contributed by atoms with Gasteiger partial charge < -0.3 is 14.2 Å². The number of hydrogen-bond donors (Lipinski definition) is 0. The molecule has 0 heterocycles. The van der Waals surface area contributed by atoms with Crippen LogP contribution in [0, 0.1) is 0 Å². The molecule has 0 aromatic rings. The second-order valence-electron chi connectivity index (χ2n) is 15.6. The lowest BCUT2D eigenvalue weighted by molar-refractivity contribution is -0.162. The molecule has 0 aliphatic heterocycles. The molecule has 0 saturated heterocycles. The van der Waals surface area contributed by atoms with Gasteiger partial charge in [-0.25, -0.2) is 0 Å². The van der Waals surface area contributed by atoms with Crippen molar-refractivity contribution in [3.63, 3.8) is 0 Å². The maximum Gasteiger partial charge on any atom is 0.306 e. The summed E-state index contributed by atoms with van der Waals surface area (Å²) in [6.07, 6.45) is 63.2. The lowest BCUT2D eigenvalue weighted by Gasteiger charge is -2.18. The van der Waals surface area contributed by atoms with E-state index >= 15 is 0 Å². The molecule has 0 fully saturated rings. The highest BCUT2D eigenvalue weighted by Gasteiger charge is 2.17. The van der Waals surface area contributed by atoms with Crippen LogP contribution >= 0.6 is 0 Å². The minimum atomic E-state index is -0.582. The molecule has 0 radical (unpaired) electrons. The standard InChI is InChI=1S/C53H90O5/c1-4-7-10-13-16-19-22-25-26-27-30-33-36-39-42-45-48-56-49-51(58-53(55)47-44-41-38-35-32-29-24-21-18-15-12-9-6-3)50-57-52(54)46-43-40-37-34-31-28-23-20-17-14-11-8-5-2/h7,10-11,14,16,19-20,23,25-26,30,33,39,42,51H,4-6,8-9,12-13,15,17-18,21-22,24,27-29,31-32,34-38,40-41,43-50H2,1-3H3/b10-7-,14-11-,19-16-,23-20-,26-25-,33-30-,42-39-. The molecule has 1 atom stereocenters. The highest BCUT2D eigenvalue weighted by Crippen LogP contribution is 2.14. The van der Waals surface area contributed by atoms with E-state index in [9.17, 15) is 9.59 Å². The van der Waals surface area contributed by atoms with Crippen LogP contribution in [0.15, 0.2) is 85.1 Å². The Balaban J connectivity index is 4.40. The molecule has 0 aromatic carbocycles. The van der Waals surface area contributed by atoms with Gasteiger partial charge in [0.15, 0.2) is 6.10 Å². The maximum atomic E-state index is 12.7. The van der Waals surface area contributed by atoms with Crippen molar-refractivity contribution >= 4 is 11.9 Å². The molecule has 0 saturated carbocycles. The first kappa shape index (κ1) is 55.1. The molecule has 0 aliphatic rings. The highest BCUT2D eigenvalue weighted by atomic mass is 16.6. The lowest BCUT2D eigenvalue weighted by Crippen LogP contribution is -2.30. The Morgan fingerprint density at radius 2 is 0.810 bits per heavy atom. The van der Waals surface area contributed by atoms with Crippen molar-refractivity contribution < 1.29 is 23.8 Å². The van der Waals surface area contributed by atoms with Crippen LogP contribution in [0.25, 0.3) is 0 Å². The third-order valence-corrected chi connectivity index (χ3v) is 9.92. The molecular formula is C53H90O5. The Morgan fingerprint density at radius 1 is 0.397 bits per heavy atom. The second kappa shape index (κ2) is 48.4. The summed E-state index contributed by atoms with van der Waals surface area (Å²) in [6.45, 7) is 7.42. The smallest absolute Gasteiger partial charge is 0.306 e. The molecule has 58 heavy (non-hydrogen) atoms. The third-order valence-electron chi connectivity index (χ3n) is 9.92. The van der Waals surface area contributed by atoms with Crippen molar-refractivity contribution in [1.29, 1.82) is 0 Å². The largest absolute Gasteiger partial charge is 0.462 e. The van der Waals surface area contributed by atoms with Crippen molar-refractivity contribution in [3.05, 3.63) is 85.1 Å². The average molecular weight is 807 g/mol. The number of ether oxygens (including phenoxy) is 3. The zero-order chi connectivity index (χ0) is 42.1. The average Bonchev–Trinajstić information content (AvgIpc) is 3.22. The lowest BCUT2D eigenvalue weighted by atomic mass is 10.0. The van der Waals surface area contributed by atoms with Crippen molar-refractivity contribution in [2.24, 2.45) is 0 Å². The van der Waals surface area contributed by atoms with Gasteiger partial charge in [-0.3, -0.25) is 9.59 Å². The molecule has 0 rings (SSSR count). The van der Waals surface area contributed by atoms with Crippen LogP contribution < -0.4 is 0 Å². The maximum absolute atomic E-state index is 12.7. The van der Waals surface area contributed by atoms with Crippen molar-refractivity contribution in [2.45, 2.75) is 219 Å². The fourth-order valence-electron chi connectivity index (χ4n) is 6.38. The van der Waals surface area contributed by atoms with E-state index in [1.807, 2.05) is 0 Å². The van der Waals surface area contributed by atoms with Crippen molar-refractivity contribution in [1.82, 2.24) is 0 Å². The molecule has 1 unspecified atom stereocenters. The van der Waals surface area contributed by atoms with Gasteiger partial charge in [-0.2, -0.15) is 0 Å². The Kier molecular flexibility index (Phi) is 46.0. The van der Waals surface area contributed by atoms with Gasteiger partial charge in [0.05, 0.1) is 13.2 Å². The summed E-state index contributed by atoms with van der Waals surface area (Å²) in [5.41, 5.74) is 0. The predicted octanol–water partition coefficient (Wildman–Crippen LogP) is 16.1. The number of rotatable bonds is 43. The normalized spacial score (nSPS) is 12.9. The van der Waals surface area contributed by atoms with E-state index < -0.39 is 6.10 Å². The first-order chi connectivity index (χ1) is 28.6. The van der Waals surface area contributed by atoms with E-state index in [1.54, 1.807) is 0 Å². The number of hydrogen-bond acceptors (Lipinski definition) is 5. The molecular weight excluding hydrogens is 717 g/mol. The summed E-state index contributed by atoms with van der Waals surface area (Å²) in [4.78, 5) is 25.3. The summed E-state index contributed by atoms with van der Waals surface area (Å²) < 4.78 is 17.2. The third kappa shape index (κ3) is 45.8. The molecule has 0 spiro atoms. The zero-order valence-corrected chi connectivity index (χ0v) is 38.0. The van der Waals surface area contributed by atoms with E-state index in [0.717, 1.165) is 96.3 Å². The van der Waals surface area contributed by atoms with Crippen LogP contribution in [0.4, 0.5) is 0 Å². The van der Waals surface area contributed by atoms with Gasteiger partial charge in [-0.1, -0.05) is 209 Å². The SMILES string of the molecule is CC/C=C\C/C=C\C/C=C\C/C=C\C/C=C\CCOCC(COC(=O)CCCCCCC/C=C\C/C=C\CCC)OC(=O)CCCCCCCCCCCCCCC. The van der Waals surface area contributed by atoms with E-state index in [4.69, 9.17) is 14.2 Å². The summed E-state index contributed by atoms with van der Waals surface area (Å²) in [7, 11) is 0. The molecule has 5 nitrogen and oxygen atoms in total. The van der Waals surface area contributed by atoms with Crippen LogP contribution in [0.1, 0.15) is 213 Å². The van der Waals surface area contributed by atoms with Crippen molar-refractivity contribution in [3.8, 4) is 0 Å². The Hall–Kier alpha value is -2.92. The molecule has 5 heteroatoms. The second-order valence-corrected chi connectivity index (χ2v) is 15.6. The van der Waals surface area contributed by atoms with Crippen LogP contribution in [-0.4, -0.2) is 37.9 Å². The number of carbonyl (C=O) groups is 2. The monoisotopic (exact) mass is 807 g/mol. The quantitative estimate of drug-likeness (QED) is 0.0349. The topological polar surface area (TPSA) is 61.8 Å². The molecule has 0 aliphatic carbocycles. The van der Waals surface area contributed by atoms with Gasteiger partial charge in [0.1, 0.15) is 6.61 Å². The van der Waals surface area contributed by atoms with Crippen LogP contribution in [0.3, 0.4) is 0 Å². The Bertz CT molecular complexity index is 1090. The van der Waals surface area contributed by atoms with Crippen LogP contribution in [0.2, 0.25) is 0 Å². The van der Waals surface area contributed by atoms with Gasteiger partial charge >= 0.3 is 11.9 Å². The van der Waals surface area contributed by atoms with Gasteiger partial charge in [0, 0.05) is 12.8 Å². The molecule has 0 amide bonds. The minimum Gasteiger partial charge on any atom is -0.462 e. The Labute approximate surface area is 359 Å². The van der Waals surface area contributed by atoms with Gasteiger partial charge in [0.25, 0.3) is 0 Å². The zero-order valence-electron chi connectivity index (χ0n) is 38.0. The molecule has 332 valence electrons. The van der Waals surface area contributed by atoms with Gasteiger partial charge in [-0.05, 0) is 77.0 Å². The number of allylic oxidation sites excluding steroid dienone is 13. The molecule has 0 N–H and O–H groups in total. The first-order valence-electron chi connectivity index (χ1n) is 24.1. The summed E-state index contributed by atoms with van der Waals surface area (Å²) in [6, 6.07) is 0. The fourth-order valence-corrected chi connectivity index (χ4v) is 6.38. The van der Waals surface area contributed by atoms with Crippen LogP contribution in [-0.2, 0) is 23.8 Å². The molecule has 0 aromatic heterocycles. The number of carbonyl (C=O) groups excluding carboxylic acids is 2. The Morgan fingerprint density at radius 3 is 1.31 bits per heavy atom.